The molecule has 0 aromatic heterocycles. The lowest BCUT2D eigenvalue weighted by Gasteiger charge is -2.11. The van der Waals surface area contributed by atoms with Crippen LogP contribution in [0.1, 0.15) is 13.8 Å². The van der Waals surface area contributed by atoms with E-state index in [1.165, 1.54) is 6.92 Å². The molecule has 0 N–H and O–H groups in total. The topological polar surface area (TPSA) is 35.5 Å². The highest BCUT2D eigenvalue weighted by molar-refractivity contribution is 5.93. The van der Waals surface area contributed by atoms with Crippen LogP contribution in [0.3, 0.4) is 0 Å². The van der Waals surface area contributed by atoms with E-state index in [1.54, 1.807) is 0 Å². The van der Waals surface area contributed by atoms with E-state index in [1.807, 2.05) is 43.3 Å². The summed E-state index contributed by atoms with van der Waals surface area (Å²) < 4.78 is 11.3. The van der Waals surface area contributed by atoms with Gasteiger partial charge in [0.25, 0.3) is 0 Å². The van der Waals surface area contributed by atoms with E-state index in [-0.39, 0.29) is 17.8 Å². The minimum Gasteiger partial charge on any atom is -0.486 e. The minimum absolute atomic E-state index is 0.148. The van der Waals surface area contributed by atoms with Gasteiger partial charge in [-0.15, -0.1) is 0 Å². The fourth-order valence-electron chi connectivity index (χ4n) is 1.78. The number of ketones is 1. The highest BCUT2D eigenvalue weighted by atomic mass is 16.5. The van der Waals surface area contributed by atoms with Crippen LogP contribution < -0.4 is 4.74 Å². The normalized spacial score (nSPS) is 20.8. The van der Waals surface area contributed by atoms with Crippen LogP contribution in [-0.4, -0.2) is 18.5 Å². The number of hydrogen-bond acceptors (Lipinski definition) is 3. The van der Waals surface area contributed by atoms with Crippen molar-refractivity contribution in [3.05, 3.63) is 42.2 Å². The van der Waals surface area contributed by atoms with Crippen LogP contribution in [0.25, 0.3) is 0 Å². The van der Waals surface area contributed by atoms with Gasteiger partial charge in [-0.05, 0) is 30.0 Å². The summed E-state index contributed by atoms with van der Waals surface area (Å²) >= 11 is 0. The maximum absolute atomic E-state index is 10.8. The second-order valence-electron chi connectivity index (χ2n) is 4.46. The maximum Gasteiger partial charge on any atom is 0.202 e. The van der Waals surface area contributed by atoms with Crippen LogP contribution in [0.4, 0.5) is 0 Å². The van der Waals surface area contributed by atoms with Gasteiger partial charge in [0.2, 0.25) is 5.78 Å². The smallest absolute Gasteiger partial charge is 0.202 e. The van der Waals surface area contributed by atoms with Crippen LogP contribution in [0.15, 0.2) is 42.2 Å². The average molecular weight is 256 g/mol. The number of carbonyl (C=O) groups is 1. The number of carbonyl (C=O) groups excluding carboxylic acids is 1. The van der Waals surface area contributed by atoms with Crippen molar-refractivity contribution in [2.75, 3.05) is 6.61 Å². The Morgan fingerprint density at radius 1 is 1.37 bits per heavy atom. The molecule has 2 rings (SSSR count). The molecule has 2 atom stereocenters. The number of Topliss-reactive ketones (excluding diaryl/α,β-unsaturated/α-hetero) is 1. The van der Waals surface area contributed by atoms with Gasteiger partial charge in [-0.25, -0.2) is 0 Å². The predicted octanol–water partition coefficient (Wildman–Crippen LogP) is 2.58. The Morgan fingerprint density at radius 2 is 2.11 bits per heavy atom. The van der Waals surface area contributed by atoms with E-state index < -0.39 is 0 Å². The maximum atomic E-state index is 10.8. The second-order valence-corrected chi connectivity index (χ2v) is 4.46. The second kappa shape index (κ2) is 6.10. The van der Waals surface area contributed by atoms with E-state index in [2.05, 4.69) is 11.8 Å². The molecule has 98 valence electrons. The Bertz CT molecular complexity index is 534. The molecule has 0 aliphatic carbocycles. The van der Waals surface area contributed by atoms with Crippen molar-refractivity contribution >= 4 is 5.78 Å². The third-order valence-electron chi connectivity index (χ3n) is 2.72. The molecule has 0 saturated heterocycles. The molecule has 0 saturated carbocycles. The Morgan fingerprint density at radius 3 is 2.79 bits per heavy atom. The zero-order chi connectivity index (χ0) is 13.7. The lowest BCUT2D eigenvalue weighted by Crippen LogP contribution is -2.13. The lowest BCUT2D eigenvalue weighted by molar-refractivity contribution is -0.111. The number of hydrogen-bond donors (Lipinski definition) is 0. The fourth-order valence-corrected chi connectivity index (χ4v) is 1.78. The number of benzene rings is 1. The molecule has 0 spiro atoms. The molecule has 1 aliphatic heterocycles. The first kappa shape index (κ1) is 13.2. The summed E-state index contributed by atoms with van der Waals surface area (Å²) in [5, 5.41) is 0. The monoisotopic (exact) mass is 256 g/mol. The van der Waals surface area contributed by atoms with Crippen molar-refractivity contribution in [3.8, 4) is 17.6 Å². The lowest BCUT2D eigenvalue weighted by atomic mass is 10.1. The quantitative estimate of drug-likeness (QED) is 0.616. The Labute approximate surface area is 113 Å². The van der Waals surface area contributed by atoms with Gasteiger partial charge in [-0.3, -0.25) is 4.79 Å². The van der Waals surface area contributed by atoms with Crippen molar-refractivity contribution < 1.29 is 14.3 Å². The van der Waals surface area contributed by atoms with Crippen molar-refractivity contribution in [2.45, 2.75) is 20.0 Å². The molecule has 1 heterocycles. The minimum atomic E-state index is -0.252. The third kappa shape index (κ3) is 3.89. The largest absolute Gasteiger partial charge is 0.486 e. The molecule has 3 nitrogen and oxygen atoms in total. The van der Waals surface area contributed by atoms with Crippen LogP contribution in [0.5, 0.6) is 5.75 Å². The highest BCUT2D eigenvalue weighted by Crippen LogP contribution is 2.23. The van der Waals surface area contributed by atoms with Crippen LogP contribution in [-0.2, 0) is 9.53 Å². The fraction of sp³-hybridized carbons (Fsp3) is 0.312. The van der Waals surface area contributed by atoms with Crippen molar-refractivity contribution in [2.24, 2.45) is 5.92 Å². The SMILES string of the molecule is CC(=O)C#CC1OC(COc2ccccc2)=CC1C. The molecule has 0 amide bonds. The first-order valence-corrected chi connectivity index (χ1v) is 6.22. The van der Waals surface area contributed by atoms with Crippen LogP contribution in [0, 0.1) is 17.8 Å². The summed E-state index contributed by atoms with van der Waals surface area (Å²) in [6.45, 7) is 3.83. The number of rotatable bonds is 3. The molecule has 0 bridgehead atoms. The Balaban J connectivity index is 1.89. The highest BCUT2D eigenvalue weighted by Gasteiger charge is 2.24. The first-order valence-electron chi connectivity index (χ1n) is 6.22. The molecular weight excluding hydrogens is 240 g/mol. The van der Waals surface area contributed by atoms with Gasteiger partial charge in [0, 0.05) is 12.8 Å². The van der Waals surface area contributed by atoms with Gasteiger partial charge >= 0.3 is 0 Å². The Kier molecular flexibility index (Phi) is 4.25. The molecule has 19 heavy (non-hydrogen) atoms. The van der Waals surface area contributed by atoms with Gasteiger partial charge in [-0.1, -0.05) is 25.1 Å². The summed E-state index contributed by atoms with van der Waals surface area (Å²) in [6.07, 6.45) is 1.74. The summed E-state index contributed by atoms with van der Waals surface area (Å²) in [5.41, 5.74) is 0. The average Bonchev–Trinajstić information content (AvgIpc) is 2.76. The summed E-state index contributed by atoms with van der Waals surface area (Å²) in [6, 6.07) is 9.57. The molecule has 1 aromatic carbocycles. The summed E-state index contributed by atoms with van der Waals surface area (Å²) in [7, 11) is 0. The molecule has 1 aromatic rings. The van der Waals surface area contributed by atoms with E-state index in [9.17, 15) is 4.79 Å². The van der Waals surface area contributed by atoms with Crippen LogP contribution >= 0.6 is 0 Å². The van der Waals surface area contributed by atoms with E-state index in [4.69, 9.17) is 9.47 Å². The molecule has 0 fully saturated rings. The van der Waals surface area contributed by atoms with E-state index in [0.717, 1.165) is 11.5 Å². The van der Waals surface area contributed by atoms with Crippen molar-refractivity contribution in [3.63, 3.8) is 0 Å². The molecule has 3 heteroatoms. The standard InChI is InChI=1S/C16H16O3/c1-12-10-15(19-16(12)9-8-13(2)17)11-18-14-6-4-3-5-7-14/h3-7,10,12,16H,11H2,1-2H3. The van der Waals surface area contributed by atoms with Gasteiger partial charge < -0.3 is 9.47 Å². The molecule has 0 radical (unpaired) electrons. The van der Waals surface area contributed by atoms with Gasteiger partial charge in [0.15, 0.2) is 6.10 Å². The Hall–Kier alpha value is -2.21. The molecule has 1 aliphatic rings. The van der Waals surface area contributed by atoms with E-state index in [0.29, 0.717) is 6.61 Å². The van der Waals surface area contributed by atoms with Crippen LogP contribution in [0.2, 0.25) is 0 Å². The number of ether oxygens (including phenoxy) is 2. The molecule has 2 unspecified atom stereocenters. The van der Waals surface area contributed by atoms with Gasteiger partial charge in [-0.2, -0.15) is 0 Å². The van der Waals surface area contributed by atoms with Crippen molar-refractivity contribution in [1.82, 2.24) is 0 Å². The molecular formula is C16H16O3. The number of para-hydroxylation sites is 1. The zero-order valence-electron chi connectivity index (χ0n) is 11.1. The van der Waals surface area contributed by atoms with Crippen molar-refractivity contribution in [1.29, 1.82) is 0 Å². The predicted molar refractivity (Wildman–Crippen MR) is 72.5 cm³/mol. The van der Waals surface area contributed by atoms with Gasteiger partial charge in [0.05, 0.1) is 0 Å². The van der Waals surface area contributed by atoms with Gasteiger partial charge in [0.1, 0.15) is 18.1 Å². The summed E-state index contributed by atoms with van der Waals surface area (Å²) in [5.74, 6) is 6.94. The summed E-state index contributed by atoms with van der Waals surface area (Å²) in [4.78, 5) is 10.8. The van der Waals surface area contributed by atoms with E-state index >= 15 is 0 Å². The third-order valence-corrected chi connectivity index (χ3v) is 2.72. The first-order chi connectivity index (χ1) is 9.15. The zero-order valence-corrected chi connectivity index (χ0v) is 11.1.